The van der Waals surface area contributed by atoms with Gasteiger partial charge in [0.15, 0.2) is 17.4 Å². The molecule has 0 N–H and O–H groups in total. The predicted octanol–water partition coefficient (Wildman–Crippen LogP) is 3.38. The summed E-state index contributed by atoms with van der Waals surface area (Å²) in [4.78, 5) is 32.1. The van der Waals surface area contributed by atoms with Crippen molar-refractivity contribution < 1.29 is 14.3 Å². The average Bonchev–Trinajstić information content (AvgIpc) is 3.12. The van der Waals surface area contributed by atoms with Gasteiger partial charge in [-0.3, -0.25) is 14.0 Å². The minimum absolute atomic E-state index is 0.0310. The van der Waals surface area contributed by atoms with Crippen LogP contribution in [0.3, 0.4) is 0 Å². The van der Waals surface area contributed by atoms with Crippen LogP contribution in [0.1, 0.15) is 26.6 Å². The molecule has 0 aliphatic heterocycles. The number of imidazole rings is 1. The Morgan fingerprint density at radius 1 is 1.22 bits per heavy atom. The van der Waals surface area contributed by atoms with Crippen LogP contribution in [0.25, 0.3) is 11.0 Å². The molecule has 0 atom stereocenters. The highest BCUT2D eigenvalue weighted by Crippen LogP contribution is 2.22. The minimum Gasteiger partial charge on any atom is -0.484 e. The molecule has 6 nitrogen and oxygen atoms in total. The summed E-state index contributed by atoms with van der Waals surface area (Å²) in [6.07, 6.45) is 5.37. The highest BCUT2D eigenvalue weighted by Gasteiger charge is 2.10. The van der Waals surface area contributed by atoms with Gasteiger partial charge < -0.3 is 9.64 Å². The van der Waals surface area contributed by atoms with Crippen LogP contribution in [0.4, 0.5) is 0 Å². The van der Waals surface area contributed by atoms with Gasteiger partial charge in [-0.15, -0.1) is 11.3 Å². The number of ketones is 1. The van der Waals surface area contributed by atoms with Crippen LogP contribution in [0.15, 0.2) is 36.5 Å². The van der Waals surface area contributed by atoms with E-state index in [4.69, 9.17) is 4.74 Å². The summed E-state index contributed by atoms with van der Waals surface area (Å²) in [5, 5.41) is 0. The van der Waals surface area contributed by atoms with E-state index in [1.54, 1.807) is 61.8 Å². The van der Waals surface area contributed by atoms with E-state index in [2.05, 4.69) is 4.98 Å². The standard InChI is InChI=1S/C20H21N3O3S/c1-13-11-23-17(14(2)21-20(23)27-13)9-10-18(24)15-5-7-16(8-6-15)26-12-19(25)22(3)4/h5-11H,12H2,1-4H3/b10-9+. The fourth-order valence-corrected chi connectivity index (χ4v) is 3.40. The highest BCUT2D eigenvalue weighted by atomic mass is 32.1. The topological polar surface area (TPSA) is 63.9 Å². The Morgan fingerprint density at radius 2 is 1.93 bits per heavy atom. The van der Waals surface area contributed by atoms with Crippen molar-refractivity contribution in [1.82, 2.24) is 14.3 Å². The van der Waals surface area contributed by atoms with Gasteiger partial charge in [0.2, 0.25) is 0 Å². The molecule has 0 radical (unpaired) electrons. The molecule has 0 spiro atoms. The number of hydrogen-bond acceptors (Lipinski definition) is 5. The summed E-state index contributed by atoms with van der Waals surface area (Å²) in [5.74, 6) is 0.323. The quantitative estimate of drug-likeness (QED) is 0.484. The second-order valence-corrected chi connectivity index (χ2v) is 7.59. The summed E-state index contributed by atoms with van der Waals surface area (Å²) >= 11 is 1.62. The Balaban J connectivity index is 1.69. The van der Waals surface area contributed by atoms with Crippen molar-refractivity contribution in [3.63, 3.8) is 0 Å². The Kier molecular flexibility index (Phi) is 5.41. The zero-order valence-electron chi connectivity index (χ0n) is 15.7. The lowest BCUT2D eigenvalue weighted by molar-refractivity contribution is -0.130. The van der Waals surface area contributed by atoms with E-state index in [-0.39, 0.29) is 18.3 Å². The fourth-order valence-electron chi connectivity index (χ4n) is 2.52. The number of aryl methyl sites for hydroxylation is 2. The molecule has 2 heterocycles. The highest BCUT2D eigenvalue weighted by molar-refractivity contribution is 7.17. The van der Waals surface area contributed by atoms with E-state index < -0.39 is 0 Å². The van der Waals surface area contributed by atoms with Crippen molar-refractivity contribution in [2.45, 2.75) is 13.8 Å². The maximum Gasteiger partial charge on any atom is 0.259 e. The molecule has 0 fully saturated rings. The molecule has 1 aromatic carbocycles. The molecule has 0 unspecified atom stereocenters. The number of thiazole rings is 1. The summed E-state index contributed by atoms with van der Waals surface area (Å²) in [7, 11) is 3.35. The number of fused-ring (bicyclic) bond motifs is 1. The van der Waals surface area contributed by atoms with E-state index in [0.29, 0.717) is 11.3 Å². The van der Waals surface area contributed by atoms with Crippen molar-refractivity contribution >= 4 is 34.1 Å². The number of amides is 1. The first-order valence-corrected chi connectivity index (χ1v) is 9.27. The smallest absolute Gasteiger partial charge is 0.259 e. The number of aromatic nitrogens is 2. The number of rotatable bonds is 6. The van der Waals surface area contributed by atoms with E-state index in [1.165, 1.54) is 9.78 Å². The summed E-state index contributed by atoms with van der Waals surface area (Å²) in [5.41, 5.74) is 2.35. The van der Waals surface area contributed by atoms with Crippen molar-refractivity contribution in [1.29, 1.82) is 0 Å². The van der Waals surface area contributed by atoms with Gasteiger partial charge in [-0.2, -0.15) is 0 Å². The molecule has 1 amide bonds. The Morgan fingerprint density at radius 3 is 2.59 bits per heavy atom. The van der Waals surface area contributed by atoms with Gasteiger partial charge in [0, 0.05) is 30.7 Å². The molecule has 3 aromatic rings. The molecule has 0 bridgehead atoms. The first-order chi connectivity index (χ1) is 12.8. The van der Waals surface area contributed by atoms with Crippen LogP contribution >= 0.6 is 11.3 Å². The van der Waals surface area contributed by atoms with Crippen LogP contribution in [0, 0.1) is 13.8 Å². The number of ether oxygens (including phenoxy) is 1. The Hall–Kier alpha value is -2.93. The molecular formula is C20H21N3O3S. The molecule has 7 heteroatoms. The lowest BCUT2D eigenvalue weighted by Crippen LogP contribution is -2.27. The molecule has 0 saturated carbocycles. The third-order valence-corrected chi connectivity index (χ3v) is 4.95. The normalized spacial score (nSPS) is 11.3. The largest absolute Gasteiger partial charge is 0.484 e. The number of likely N-dealkylation sites (N-methyl/N-ethyl adjacent to an activating group) is 1. The summed E-state index contributed by atoms with van der Waals surface area (Å²) in [6, 6.07) is 6.76. The second kappa shape index (κ2) is 7.75. The number of benzene rings is 1. The summed E-state index contributed by atoms with van der Waals surface area (Å²) in [6.45, 7) is 3.93. The van der Waals surface area contributed by atoms with Crippen LogP contribution < -0.4 is 4.74 Å². The number of hydrogen-bond donors (Lipinski definition) is 0. The number of allylic oxidation sites excluding steroid dienone is 1. The van der Waals surface area contributed by atoms with Gasteiger partial charge in [-0.25, -0.2) is 4.98 Å². The lowest BCUT2D eigenvalue weighted by Gasteiger charge is -2.11. The molecule has 2 aromatic heterocycles. The predicted molar refractivity (Wildman–Crippen MR) is 107 cm³/mol. The molecule has 3 rings (SSSR count). The lowest BCUT2D eigenvalue weighted by atomic mass is 10.1. The van der Waals surface area contributed by atoms with Crippen LogP contribution in [-0.4, -0.2) is 46.7 Å². The van der Waals surface area contributed by atoms with Gasteiger partial charge in [-0.1, -0.05) is 0 Å². The molecule has 27 heavy (non-hydrogen) atoms. The van der Waals surface area contributed by atoms with Crippen molar-refractivity contribution in [2.24, 2.45) is 0 Å². The number of carbonyl (C=O) groups excluding carboxylic acids is 2. The van der Waals surface area contributed by atoms with E-state index in [0.717, 1.165) is 16.3 Å². The van der Waals surface area contributed by atoms with Crippen LogP contribution in [0.2, 0.25) is 0 Å². The zero-order chi connectivity index (χ0) is 19.6. The van der Waals surface area contributed by atoms with E-state index >= 15 is 0 Å². The number of nitrogens with zero attached hydrogens (tertiary/aromatic N) is 3. The van der Waals surface area contributed by atoms with Crippen LogP contribution in [-0.2, 0) is 4.79 Å². The number of carbonyl (C=O) groups is 2. The Labute approximate surface area is 161 Å². The average molecular weight is 383 g/mol. The van der Waals surface area contributed by atoms with Crippen molar-refractivity contribution in [3.05, 3.63) is 58.4 Å². The second-order valence-electron chi connectivity index (χ2n) is 6.38. The molecule has 140 valence electrons. The molecule has 0 aliphatic carbocycles. The third kappa shape index (κ3) is 4.25. The monoisotopic (exact) mass is 383 g/mol. The van der Waals surface area contributed by atoms with E-state index in [9.17, 15) is 9.59 Å². The van der Waals surface area contributed by atoms with Crippen molar-refractivity contribution in [2.75, 3.05) is 20.7 Å². The maximum atomic E-state index is 12.4. The Bertz CT molecular complexity index is 1010. The maximum absolute atomic E-state index is 12.4. The van der Waals surface area contributed by atoms with Crippen molar-refractivity contribution in [3.8, 4) is 5.75 Å². The van der Waals surface area contributed by atoms with Gasteiger partial charge in [0.05, 0.1) is 11.4 Å². The molecule has 0 aliphatic rings. The summed E-state index contributed by atoms with van der Waals surface area (Å²) < 4.78 is 7.42. The molecular weight excluding hydrogens is 362 g/mol. The van der Waals surface area contributed by atoms with Gasteiger partial charge >= 0.3 is 0 Å². The van der Waals surface area contributed by atoms with Gasteiger partial charge in [0.25, 0.3) is 5.91 Å². The zero-order valence-corrected chi connectivity index (χ0v) is 16.5. The van der Waals surface area contributed by atoms with E-state index in [1.807, 2.05) is 24.4 Å². The van der Waals surface area contributed by atoms with Gasteiger partial charge in [-0.05, 0) is 50.3 Å². The molecule has 0 saturated heterocycles. The minimum atomic E-state index is -0.121. The van der Waals surface area contributed by atoms with Crippen LogP contribution in [0.5, 0.6) is 5.75 Å². The van der Waals surface area contributed by atoms with Gasteiger partial charge in [0.1, 0.15) is 5.75 Å². The first kappa shape index (κ1) is 18.8. The fraction of sp³-hybridized carbons (Fsp3) is 0.250. The first-order valence-electron chi connectivity index (χ1n) is 8.45. The third-order valence-electron chi connectivity index (χ3n) is 4.06. The SMILES string of the molecule is Cc1cn2c(/C=C/C(=O)c3ccc(OCC(=O)N(C)C)cc3)c(C)nc2s1.